The Bertz CT molecular complexity index is 237. The van der Waals surface area contributed by atoms with Crippen LogP contribution < -0.4 is 11.1 Å². The van der Waals surface area contributed by atoms with Gasteiger partial charge in [0, 0.05) is 6.04 Å². The third kappa shape index (κ3) is 1.78. The number of rotatable bonds is 4. The van der Waals surface area contributed by atoms with Gasteiger partial charge in [0.1, 0.15) is 0 Å². The van der Waals surface area contributed by atoms with E-state index in [1.54, 1.807) is 0 Å². The number of amides is 1. The van der Waals surface area contributed by atoms with E-state index >= 15 is 0 Å². The van der Waals surface area contributed by atoms with Gasteiger partial charge >= 0.3 is 0 Å². The van der Waals surface area contributed by atoms with E-state index in [1.807, 2.05) is 0 Å². The van der Waals surface area contributed by atoms with Crippen LogP contribution in [0.2, 0.25) is 0 Å². The molecule has 2 saturated carbocycles. The first-order chi connectivity index (χ1) is 6.66. The van der Waals surface area contributed by atoms with Crippen molar-refractivity contribution in [3.8, 4) is 0 Å². The van der Waals surface area contributed by atoms with Crippen molar-refractivity contribution >= 4 is 5.91 Å². The third-order valence-electron chi connectivity index (χ3n) is 3.72. The standard InChI is InChI=1S/C11H20N2O/c1-2-8-5-6-11(7-8,10(12)14)13-9-3-4-9/h8-9,13H,2-7H2,1H3,(H2,12,14). The van der Waals surface area contributed by atoms with E-state index in [-0.39, 0.29) is 11.4 Å². The smallest absolute Gasteiger partial charge is 0.237 e. The molecule has 0 saturated heterocycles. The highest BCUT2D eigenvalue weighted by Gasteiger charge is 2.45. The summed E-state index contributed by atoms with van der Waals surface area (Å²) < 4.78 is 0. The quantitative estimate of drug-likeness (QED) is 0.709. The SMILES string of the molecule is CCC1CCC(NC2CC2)(C(N)=O)C1. The lowest BCUT2D eigenvalue weighted by Gasteiger charge is -2.27. The second-order valence-electron chi connectivity index (χ2n) is 4.88. The molecule has 0 heterocycles. The van der Waals surface area contributed by atoms with E-state index in [9.17, 15) is 4.79 Å². The first kappa shape index (κ1) is 9.97. The van der Waals surface area contributed by atoms with Gasteiger partial charge in [-0.3, -0.25) is 4.79 Å². The average molecular weight is 196 g/mol. The number of hydrogen-bond acceptors (Lipinski definition) is 2. The van der Waals surface area contributed by atoms with Gasteiger partial charge in [-0.05, 0) is 38.0 Å². The first-order valence-electron chi connectivity index (χ1n) is 5.74. The van der Waals surface area contributed by atoms with Crippen molar-refractivity contribution in [3.63, 3.8) is 0 Å². The number of nitrogens with two attached hydrogens (primary N) is 1. The predicted octanol–water partition coefficient (Wildman–Crippen LogP) is 1.17. The van der Waals surface area contributed by atoms with Gasteiger partial charge in [-0.1, -0.05) is 13.3 Å². The molecule has 3 heteroatoms. The molecule has 2 rings (SSSR count). The summed E-state index contributed by atoms with van der Waals surface area (Å²) >= 11 is 0. The Hall–Kier alpha value is -0.570. The maximum Gasteiger partial charge on any atom is 0.237 e. The Morgan fingerprint density at radius 1 is 1.50 bits per heavy atom. The number of primary amides is 1. The second kappa shape index (κ2) is 3.54. The lowest BCUT2D eigenvalue weighted by molar-refractivity contribution is -0.124. The Labute approximate surface area is 85.4 Å². The molecule has 0 aliphatic heterocycles. The molecule has 80 valence electrons. The van der Waals surface area contributed by atoms with E-state index in [0.29, 0.717) is 12.0 Å². The van der Waals surface area contributed by atoms with Crippen molar-refractivity contribution in [2.24, 2.45) is 11.7 Å². The number of carbonyl (C=O) groups is 1. The average Bonchev–Trinajstić information content (AvgIpc) is 2.83. The first-order valence-corrected chi connectivity index (χ1v) is 5.74. The molecular weight excluding hydrogens is 176 g/mol. The molecule has 3 N–H and O–H groups in total. The van der Waals surface area contributed by atoms with Crippen molar-refractivity contribution in [1.82, 2.24) is 5.32 Å². The molecule has 14 heavy (non-hydrogen) atoms. The van der Waals surface area contributed by atoms with E-state index in [0.717, 1.165) is 19.3 Å². The predicted molar refractivity (Wildman–Crippen MR) is 55.7 cm³/mol. The zero-order valence-electron chi connectivity index (χ0n) is 8.88. The zero-order valence-corrected chi connectivity index (χ0v) is 8.88. The Balaban J connectivity index is 2.03. The van der Waals surface area contributed by atoms with Crippen LogP contribution in [0.4, 0.5) is 0 Å². The second-order valence-corrected chi connectivity index (χ2v) is 4.88. The van der Waals surface area contributed by atoms with Gasteiger partial charge in [-0.25, -0.2) is 0 Å². The van der Waals surface area contributed by atoms with Crippen LogP contribution in [-0.4, -0.2) is 17.5 Å². The molecule has 0 spiro atoms. The highest BCUT2D eigenvalue weighted by molar-refractivity contribution is 5.85. The van der Waals surface area contributed by atoms with Gasteiger partial charge in [0.15, 0.2) is 0 Å². The summed E-state index contributed by atoms with van der Waals surface area (Å²) in [5, 5.41) is 3.46. The summed E-state index contributed by atoms with van der Waals surface area (Å²) in [5.74, 6) is 0.550. The lowest BCUT2D eigenvalue weighted by Crippen LogP contribution is -2.54. The topological polar surface area (TPSA) is 55.1 Å². The van der Waals surface area contributed by atoms with Crippen molar-refractivity contribution in [1.29, 1.82) is 0 Å². The van der Waals surface area contributed by atoms with Crippen LogP contribution in [0.5, 0.6) is 0 Å². The maximum absolute atomic E-state index is 11.5. The van der Waals surface area contributed by atoms with E-state index in [2.05, 4.69) is 12.2 Å². The van der Waals surface area contributed by atoms with Gasteiger partial charge in [-0.15, -0.1) is 0 Å². The summed E-state index contributed by atoms with van der Waals surface area (Å²) in [7, 11) is 0. The van der Waals surface area contributed by atoms with Crippen molar-refractivity contribution < 1.29 is 4.79 Å². The molecule has 0 radical (unpaired) electrons. The molecule has 0 bridgehead atoms. The third-order valence-corrected chi connectivity index (χ3v) is 3.72. The Kier molecular flexibility index (Phi) is 2.52. The van der Waals surface area contributed by atoms with Gasteiger partial charge in [-0.2, -0.15) is 0 Å². The fourth-order valence-corrected chi connectivity index (χ4v) is 2.54. The van der Waals surface area contributed by atoms with Crippen LogP contribution in [0.15, 0.2) is 0 Å². The minimum absolute atomic E-state index is 0.139. The van der Waals surface area contributed by atoms with Crippen molar-refractivity contribution in [2.75, 3.05) is 0 Å². The Morgan fingerprint density at radius 2 is 2.21 bits per heavy atom. The highest BCUT2D eigenvalue weighted by Crippen LogP contribution is 2.38. The van der Waals surface area contributed by atoms with Crippen LogP contribution >= 0.6 is 0 Å². The van der Waals surface area contributed by atoms with E-state index < -0.39 is 0 Å². The summed E-state index contributed by atoms with van der Waals surface area (Å²) in [6.07, 6.45) is 6.64. The summed E-state index contributed by atoms with van der Waals surface area (Å²) in [4.78, 5) is 11.5. The van der Waals surface area contributed by atoms with Gasteiger partial charge in [0.25, 0.3) is 0 Å². The van der Waals surface area contributed by atoms with Gasteiger partial charge in [0.2, 0.25) is 5.91 Å². The molecule has 3 nitrogen and oxygen atoms in total. The molecule has 2 fully saturated rings. The largest absolute Gasteiger partial charge is 0.368 e. The fourth-order valence-electron chi connectivity index (χ4n) is 2.54. The molecule has 0 aromatic heterocycles. The number of carbonyl (C=O) groups excluding carboxylic acids is 1. The minimum atomic E-state index is -0.359. The molecule has 0 aromatic carbocycles. The summed E-state index contributed by atoms with van der Waals surface area (Å²) in [6.45, 7) is 2.19. The molecule has 0 aromatic rings. The zero-order chi connectivity index (χ0) is 10.2. The van der Waals surface area contributed by atoms with Gasteiger partial charge < -0.3 is 11.1 Å². The number of nitrogens with one attached hydrogen (secondary N) is 1. The van der Waals surface area contributed by atoms with Crippen LogP contribution in [0.3, 0.4) is 0 Å². The molecule has 2 aliphatic rings. The van der Waals surface area contributed by atoms with Crippen molar-refractivity contribution in [2.45, 2.75) is 57.0 Å². The highest BCUT2D eigenvalue weighted by atomic mass is 16.1. The van der Waals surface area contributed by atoms with Crippen LogP contribution in [0.1, 0.15) is 45.4 Å². The monoisotopic (exact) mass is 196 g/mol. The lowest BCUT2D eigenvalue weighted by atomic mass is 9.94. The Morgan fingerprint density at radius 3 is 2.64 bits per heavy atom. The minimum Gasteiger partial charge on any atom is -0.368 e. The summed E-state index contributed by atoms with van der Waals surface area (Å²) in [5.41, 5.74) is 5.17. The molecule has 2 unspecified atom stereocenters. The van der Waals surface area contributed by atoms with E-state index in [4.69, 9.17) is 5.73 Å². The van der Waals surface area contributed by atoms with Gasteiger partial charge in [0.05, 0.1) is 5.54 Å². The van der Waals surface area contributed by atoms with Crippen LogP contribution in [0, 0.1) is 5.92 Å². The molecule has 2 atom stereocenters. The van der Waals surface area contributed by atoms with Crippen molar-refractivity contribution in [3.05, 3.63) is 0 Å². The normalized spacial score (nSPS) is 37.4. The summed E-state index contributed by atoms with van der Waals surface area (Å²) in [6, 6.07) is 0.568. The van der Waals surface area contributed by atoms with Crippen LogP contribution in [-0.2, 0) is 4.79 Å². The maximum atomic E-state index is 11.5. The molecule has 1 amide bonds. The molecule has 2 aliphatic carbocycles. The fraction of sp³-hybridized carbons (Fsp3) is 0.909. The molecular formula is C11H20N2O. The van der Waals surface area contributed by atoms with E-state index in [1.165, 1.54) is 19.3 Å². The van der Waals surface area contributed by atoms with Crippen LogP contribution in [0.25, 0.3) is 0 Å². The number of hydrogen-bond donors (Lipinski definition) is 2.